The molecule has 1 aliphatic heterocycles. The van der Waals surface area contributed by atoms with Crippen molar-refractivity contribution in [2.24, 2.45) is 41.4 Å². The van der Waals surface area contributed by atoms with Crippen LogP contribution in [-0.4, -0.2) is 228 Å². The van der Waals surface area contributed by atoms with Crippen LogP contribution in [0.25, 0.3) is 0 Å². The molecule has 9 amide bonds. The van der Waals surface area contributed by atoms with Crippen LogP contribution in [0.5, 0.6) is 0 Å². The Morgan fingerprint density at radius 2 is 1.00 bits per heavy atom. The van der Waals surface area contributed by atoms with Gasteiger partial charge in [0.05, 0.1) is 12.6 Å². The highest BCUT2D eigenvalue weighted by Crippen LogP contribution is 2.24. The first kappa shape index (κ1) is 75.9. The Balaban J connectivity index is 4.20. The first-order chi connectivity index (χ1) is 38.4. The number of likely N-dealkylation sites (N-methyl/N-ethyl adjacent to an activating group) is 7. The van der Waals surface area contributed by atoms with Crippen molar-refractivity contribution < 1.29 is 48.3 Å². The van der Waals surface area contributed by atoms with Gasteiger partial charge in [-0.25, -0.2) is 0 Å². The molecule has 0 spiro atoms. The van der Waals surface area contributed by atoms with E-state index in [4.69, 9.17) is 0 Å². The molecule has 0 aliphatic carbocycles. The number of carbonyl (C=O) groups excluding carboxylic acids is 9. The molecule has 1 aliphatic rings. The Hall–Kier alpha value is -5.15. The minimum absolute atomic E-state index is 0.00230. The van der Waals surface area contributed by atoms with Gasteiger partial charge in [0.15, 0.2) is 0 Å². The van der Waals surface area contributed by atoms with Crippen LogP contribution in [0.4, 0.5) is 0 Å². The third-order valence-corrected chi connectivity index (χ3v) is 16.3. The SMILES string of the molecule is CC=CC[C@@H](C)[C@@H](O)[C@H]1C(=O)N[C@@H](CC)C(=O)N(C)CC(=O)N(C)[C@@H](CC(C)C)C(=O)N[C@@H](C(C)C)C(=O)N(C)[C@@H](CC(C)C)C(=O)N[C@@H](C)C(=O)N[C@H](C)C(=O)N(C)[C@@H](CC(C)C)C(=O)N(C)[C@@H](CC(C)C)CN(C)[C@@H](C(C)C)CN1C. The average molecular weight is 1170 g/mol. The maximum absolute atomic E-state index is 15.0. The van der Waals surface area contributed by atoms with Crippen molar-refractivity contribution in [3.8, 4) is 0 Å². The summed E-state index contributed by atoms with van der Waals surface area (Å²) in [6.45, 7) is 32.1. The summed E-state index contributed by atoms with van der Waals surface area (Å²) < 4.78 is 0. The first-order valence-corrected chi connectivity index (χ1v) is 30.6. The van der Waals surface area contributed by atoms with E-state index < -0.39 is 114 Å². The minimum Gasteiger partial charge on any atom is -0.391 e. The van der Waals surface area contributed by atoms with E-state index in [1.54, 1.807) is 46.8 Å². The second kappa shape index (κ2) is 35.3. The molecule has 1 saturated heterocycles. The molecular formula is C62H115N11O10. The van der Waals surface area contributed by atoms with Crippen LogP contribution in [0.3, 0.4) is 0 Å². The normalized spacial score (nSPS) is 27.7. The van der Waals surface area contributed by atoms with Gasteiger partial charge in [0.2, 0.25) is 53.2 Å². The lowest BCUT2D eigenvalue weighted by molar-refractivity contribution is -0.147. The summed E-state index contributed by atoms with van der Waals surface area (Å²) in [4.78, 5) is 141. The first-order valence-electron chi connectivity index (χ1n) is 30.6. The number of aliphatic hydroxyl groups is 1. The van der Waals surface area contributed by atoms with Crippen LogP contribution < -0.4 is 21.3 Å². The average Bonchev–Trinajstić information content (AvgIpc) is 3.53. The smallest absolute Gasteiger partial charge is 0.245 e. The zero-order valence-electron chi connectivity index (χ0n) is 55.7. The van der Waals surface area contributed by atoms with E-state index in [2.05, 4.69) is 53.9 Å². The van der Waals surface area contributed by atoms with E-state index in [0.29, 0.717) is 32.4 Å². The molecule has 12 atom stereocenters. The van der Waals surface area contributed by atoms with Crippen molar-refractivity contribution in [3.63, 3.8) is 0 Å². The molecule has 0 aromatic heterocycles. The van der Waals surface area contributed by atoms with Crippen molar-refractivity contribution in [2.45, 2.75) is 223 Å². The van der Waals surface area contributed by atoms with Gasteiger partial charge in [0, 0.05) is 60.4 Å². The van der Waals surface area contributed by atoms with E-state index in [0.717, 1.165) is 0 Å². The number of nitrogens with zero attached hydrogens (tertiary/aromatic N) is 7. The van der Waals surface area contributed by atoms with Gasteiger partial charge in [-0.05, 0) is 115 Å². The number of amides is 9. The van der Waals surface area contributed by atoms with Crippen molar-refractivity contribution in [2.75, 3.05) is 69.0 Å². The minimum atomic E-state index is -1.17. The summed E-state index contributed by atoms with van der Waals surface area (Å²) in [7, 11) is 11.5. The molecule has 478 valence electrons. The van der Waals surface area contributed by atoms with Gasteiger partial charge in [-0.2, -0.15) is 0 Å². The molecule has 1 heterocycles. The predicted molar refractivity (Wildman–Crippen MR) is 328 cm³/mol. The fourth-order valence-electron chi connectivity index (χ4n) is 10.9. The summed E-state index contributed by atoms with van der Waals surface area (Å²) in [6, 6.07) is -9.22. The highest BCUT2D eigenvalue weighted by molar-refractivity contribution is 5.97. The molecule has 1 rings (SSSR count). The Bertz CT molecular complexity index is 2150. The monoisotopic (exact) mass is 1170 g/mol. The van der Waals surface area contributed by atoms with Gasteiger partial charge in [-0.15, -0.1) is 0 Å². The topological polar surface area (TPSA) is 245 Å². The van der Waals surface area contributed by atoms with Gasteiger partial charge in [-0.1, -0.05) is 109 Å². The number of rotatable bonds is 15. The van der Waals surface area contributed by atoms with Crippen LogP contribution in [-0.2, 0) is 43.2 Å². The van der Waals surface area contributed by atoms with Crippen molar-refractivity contribution in [1.82, 2.24) is 55.6 Å². The van der Waals surface area contributed by atoms with Gasteiger partial charge < -0.3 is 50.9 Å². The molecular weight excluding hydrogens is 1060 g/mol. The molecule has 0 aromatic carbocycles. The largest absolute Gasteiger partial charge is 0.391 e. The summed E-state index contributed by atoms with van der Waals surface area (Å²) in [6.07, 6.45) is 4.65. The quantitative estimate of drug-likeness (QED) is 0.145. The van der Waals surface area contributed by atoms with E-state index in [1.165, 1.54) is 54.6 Å². The van der Waals surface area contributed by atoms with E-state index >= 15 is 0 Å². The Morgan fingerprint density at radius 1 is 0.518 bits per heavy atom. The van der Waals surface area contributed by atoms with E-state index in [-0.39, 0.29) is 72.8 Å². The lowest BCUT2D eigenvalue weighted by Gasteiger charge is -2.42. The number of nitrogens with one attached hydrogen (secondary N) is 4. The maximum Gasteiger partial charge on any atom is 0.245 e. The maximum atomic E-state index is 15.0. The Kier molecular flexibility index (Phi) is 32.3. The number of carbonyl (C=O) groups is 9. The molecule has 0 saturated carbocycles. The standard InChI is InChI=1S/C62H115N11O10/c1-25-27-28-42(15)54(75)53-58(79)65-46(26-2)60(81)69(20)35-51(74)71(22)47(30-37(5)6)57(78)66-52(41(13)14)62(83)72(23)48(31-38(7)8)56(77)63-43(16)55(76)64-44(17)59(80)73(24)49(32-39(9)10)61(82)70(21)45(29-36(3)4)33-67(18)50(40(11)12)34-68(53)19/h25,27,36-50,52-54,75H,26,28-35H2,1-24H3,(H,63,77)(H,64,76)(H,65,79)(H,66,78)/t42-,43+,44-,45+,46+,47+,48+,49+,50-,52+,53+,54-/m1/s1. The zero-order valence-corrected chi connectivity index (χ0v) is 55.7. The molecule has 1 fully saturated rings. The molecule has 5 N–H and O–H groups in total. The van der Waals surface area contributed by atoms with E-state index in [9.17, 15) is 48.3 Å². The third-order valence-electron chi connectivity index (χ3n) is 16.3. The zero-order chi connectivity index (χ0) is 64.2. The number of allylic oxidation sites excluding steroid dienone is 2. The molecule has 83 heavy (non-hydrogen) atoms. The van der Waals surface area contributed by atoms with Crippen molar-refractivity contribution >= 4 is 53.2 Å². The van der Waals surface area contributed by atoms with Crippen LogP contribution in [0.1, 0.15) is 156 Å². The Labute approximate surface area is 500 Å². The summed E-state index contributed by atoms with van der Waals surface area (Å²) in [5.41, 5.74) is 0. The molecule has 21 heteroatoms. The van der Waals surface area contributed by atoms with Crippen molar-refractivity contribution in [1.29, 1.82) is 0 Å². The summed E-state index contributed by atoms with van der Waals surface area (Å²) >= 11 is 0. The van der Waals surface area contributed by atoms with Crippen LogP contribution in [0.2, 0.25) is 0 Å². The molecule has 0 radical (unpaired) electrons. The second-order valence-electron chi connectivity index (χ2n) is 26.3. The number of hydrogen-bond donors (Lipinski definition) is 5. The number of aliphatic hydroxyl groups excluding tert-OH is 1. The van der Waals surface area contributed by atoms with E-state index in [1.807, 2.05) is 79.5 Å². The predicted octanol–water partition coefficient (Wildman–Crippen LogP) is 4.22. The van der Waals surface area contributed by atoms with Crippen LogP contribution >= 0.6 is 0 Å². The molecule has 21 nitrogen and oxygen atoms in total. The van der Waals surface area contributed by atoms with Gasteiger partial charge in [0.25, 0.3) is 0 Å². The van der Waals surface area contributed by atoms with Crippen LogP contribution in [0, 0.1) is 41.4 Å². The third kappa shape index (κ3) is 23.0. The fraction of sp³-hybridized carbons (Fsp3) is 0.823. The summed E-state index contributed by atoms with van der Waals surface area (Å²) in [5.74, 6) is -5.79. The van der Waals surface area contributed by atoms with Gasteiger partial charge in [-0.3, -0.25) is 53.0 Å². The molecule has 0 aromatic rings. The summed E-state index contributed by atoms with van der Waals surface area (Å²) in [5, 5.41) is 23.5. The molecule has 0 unspecified atom stereocenters. The van der Waals surface area contributed by atoms with Gasteiger partial charge >= 0.3 is 0 Å². The van der Waals surface area contributed by atoms with Crippen LogP contribution in [0.15, 0.2) is 12.2 Å². The fourth-order valence-corrected chi connectivity index (χ4v) is 10.9. The lowest BCUT2D eigenvalue weighted by Crippen LogP contribution is -2.61. The second-order valence-corrected chi connectivity index (χ2v) is 26.3. The lowest BCUT2D eigenvalue weighted by atomic mass is 9.91. The Morgan fingerprint density at radius 3 is 1.48 bits per heavy atom. The highest BCUT2D eigenvalue weighted by Gasteiger charge is 2.42. The van der Waals surface area contributed by atoms with Gasteiger partial charge in [0.1, 0.15) is 48.3 Å². The number of hydrogen-bond acceptors (Lipinski definition) is 12. The highest BCUT2D eigenvalue weighted by atomic mass is 16.3. The molecule has 0 bridgehead atoms. The van der Waals surface area contributed by atoms with Crippen molar-refractivity contribution in [3.05, 3.63) is 12.2 Å².